The van der Waals surface area contributed by atoms with Crippen LogP contribution in [0, 0.1) is 5.82 Å². The molecular formula is C21H20ClFN2O2S. The highest BCUT2D eigenvalue weighted by Gasteiger charge is 2.17. The van der Waals surface area contributed by atoms with Crippen LogP contribution in [0.5, 0.6) is 5.75 Å². The van der Waals surface area contributed by atoms with Crippen LogP contribution in [0.2, 0.25) is 5.02 Å². The molecule has 1 amide bonds. The molecule has 0 unspecified atom stereocenters. The monoisotopic (exact) mass is 418 g/mol. The number of hydrogen-bond donors (Lipinski definition) is 0. The lowest BCUT2D eigenvalue weighted by molar-refractivity contribution is 0.0741. The Morgan fingerprint density at radius 2 is 1.89 bits per heavy atom. The zero-order valence-electron chi connectivity index (χ0n) is 15.4. The standard InChI is InChI=1S/C21H20ClFN2O2S/c1-2-11-25(21(26)15-3-7-17(23)8-4-15)12-18-14-28-20(24-18)13-27-19-9-5-16(22)6-10-19/h3-10,14H,2,11-13H2,1H3. The molecule has 0 fully saturated rings. The fraction of sp³-hybridized carbons (Fsp3) is 0.238. The zero-order chi connectivity index (χ0) is 19.9. The normalized spacial score (nSPS) is 10.7. The Labute approximate surface area is 172 Å². The van der Waals surface area contributed by atoms with Gasteiger partial charge in [-0.05, 0) is 55.0 Å². The van der Waals surface area contributed by atoms with Crippen LogP contribution in [-0.2, 0) is 13.2 Å². The Bertz CT molecular complexity index is 913. The Morgan fingerprint density at radius 1 is 1.18 bits per heavy atom. The lowest BCUT2D eigenvalue weighted by Crippen LogP contribution is -2.31. The second-order valence-corrected chi connectivity index (χ2v) is 7.59. The number of carbonyl (C=O) groups is 1. The van der Waals surface area contributed by atoms with Gasteiger partial charge in [-0.15, -0.1) is 11.3 Å². The number of thiazole rings is 1. The van der Waals surface area contributed by atoms with Crippen molar-refractivity contribution in [3.63, 3.8) is 0 Å². The van der Waals surface area contributed by atoms with Crippen LogP contribution >= 0.6 is 22.9 Å². The minimum Gasteiger partial charge on any atom is -0.486 e. The fourth-order valence-corrected chi connectivity index (χ4v) is 3.48. The largest absolute Gasteiger partial charge is 0.486 e. The van der Waals surface area contributed by atoms with E-state index in [-0.39, 0.29) is 11.7 Å². The molecule has 7 heteroatoms. The fourth-order valence-electron chi connectivity index (χ4n) is 2.66. The van der Waals surface area contributed by atoms with E-state index in [4.69, 9.17) is 16.3 Å². The maximum atomic E-state index is 13.1. The van der Waals surface area contributed by atoms with Crippen LogP contribution in [-0.4, -0.2) is 22.3 Å². The average molecular weight is 419 g/mol. The summed E-state index contributed by atoms with van der Waals surface area (Å²) < 4.78 is 18.8. The summed E-state index contributed by atoms with van der Waals surface area (Å²) in [5.74, 6) is 0.234. The van der Waals surface area contributed by atoms with Crippen LogP contribution in [0.25, 0.3) is 0 Å². The van der Waals surface area contributed by atoms with E-state index >= 15 is 0 Å². The Morgan fingerprint density at radius 3 is 2.57 bits per heavy atom. The van der Waals surface area contributed by atoms with Gasteiger partial charge in [-0.3, -0.25) is 4.79 Å². The molecule has 1 aromatic heterocycles. The molecule has 0 spiro atoms. The second kappa shape index (κ2) is 9.66. The van der Waals surface area contributed by atoms with Crippen LogP contribution in [0.1, 0.15) is 34.4 Å². The van der Waals surface area contributed by atoms with E-state index in [1.807, 2.05) is 12.3 Å². The number of hydrogen-bond acceptors (Lipinski definition) is 4. The highest BCUT2D eigenvalue weighted by Crippen LogP contribution is 2.19. The molecule has 2 aromatic carbocycles. The van der Waals surface area contributed by atoms with Crippen molar-refractivity contribution >= 4 is 28.8 Å². The molecule has 0 atom stereocenters. The highest BCUT2D eigenvalue weighted by molar-refractivity contribution is 7.09. The first kappa shape index (κ1) is 20.3. The number of rotatable bonds is 8. The molecule has 0 N–H and O–H groups in total. The Balaban J connectivity index is 1.62. The van der Waals surface area contributed by atoms with Crippen LogP contribution < -0.4 is 4.74 Å². The number of halogens is 2. The first-order valence-corrected chi connectivity index (χ1v) is 10.2. The molecule has 0 saturated heterocycles. The van der Waals surface area contributed by atoms with Gasteiger partial charge in [-0.25, -0.2) is 9.37 Å². The van der Waals surface area contributed by atoms with Crippen molar-refractivity contribution < 1.29 is 13.9 Å². The maximum absolute atomic E-state index is 13.1. The maximum Gasteiger partial charge on any atom is 0.254 e. The summed E-state index contributed by atoms with van der Waals surface area (Å²) in [5, 5.41) is 3.42. The van der Waals surface area contributed by atoms with Gasteiger partial charge in [0, 0.05) is 22.5 Å². The molecule has 3 rings (SSSR count). The molecular weight excluding hydrogens is 399 g/mol. The lowest BCUT2D eigenvalue weighted by atomic mass is 10.2. The number of nitrogens with zero attached hydrogens (tertiary/aromatic N) is 2. The van der Waals surface area contributed by atoms with Gasteiger partial charge in [0.05, 0.1) is 12.2 Å². The first-order valence-electron chi connectivity index (χ1n) is 8.91. The summed E-state index contributed by atoms with van der Waals surface area (Å²) in [4.78, 5) is 19.0. The van der Waals surface area contributed by atoms with Crippen molar-refractivity contribution in [2.75, 3.05) is 6.54 Å². The van der Waals surface area contributed by atoms with Gasteiger partial charge in [0.15, 0.2) is 0 Å². The third-order valence-corrected chi connectivity index (χ3v) is 5.12. The molecule has 0 aliphatic carbocycles. The SMILES string of the molecule is CCCN(Cc1csc(COc2ccc(Cl)cc2)n1)C(=O)c1ccc(F)cc1. The van der Waals surface area contributed by atoms with E-state index in [1.165, 1.54) is 35.6 Å². The second-order valence-electron chi connectivity index (χ2n) is 6.21. The highest BCUT2D eigenvalue weighted by atomic mass is 35.5. The van der Waals surface area contributed by atoms with E-state index in [0.717, 1.165) is 22.9 Å². The van der Waals surface area contributed by atoms with Gasteiger partial charge in [0.25, 0.3) is 5.91 Å². The minimum atomic E-state index is -0.358. The summed E-state index contributed by atoms with van der Waals surface area (Å²) in [7, 11) is 0. The van der Waals surface area contributed by atoms with Gasteiger partial charge in [0.1, 0.15) is 23.2 Å². The molecule has 0 bridgehead atoms. The molecule has 1 heterocycles. The molecule has 0 aliphatic heterocycles. The Kier molecular flexibility index (Phi) is 7.01. The van der Waals surface area contributed by atoms with Gasteiger partial charge in [-0.2, -0.15) is 0 Å². The minimum absolute atomic E-state index is 0.131. The van der Waals surface area contributed by atoms with Crippen LogP contribution in [0.15, 0.2) is 53.9 Å². The molecule has 0 radical (unpaired) electrons. The lowest BCUT2D eigenvalue weighted by Gasteiger charge is -2.21. The predicted molar refractivity (Wildman–Crippen MR) is 109 cm³/mol. The van der Waals surface area contributed by atoms with Crippen molar-refractivity contribution in [3.8, 4) is 5.75 Å². The number of aromatic nitrogens is 1. The van der Waals surface area contributed by atoms with Crippen molar-refractivity contribution in [2.45, 2.75) is 26.5 Å². The summed E-state index contributed by atoms with van der Waals surface area (Å²) in [6.45, 7) is 3.37. The third kappa shape index (κ3) is 5.53. The van der Waals surface area contributed by atoms with E-state index in [1.54, 1.807) is 29.2 Å². The van der Waals surface area contributed by atoms with Gasteiger partial charge in [-0.1, -0.05) is 18.5 Å². The summed E-state index contributed by atoms with van der Waals surface area (Å²) in [5.41, 5.74) is 1.28. The Hall–Kier alpha value is -2.44. The molecule has 146 valence electrons. The molecule has 0 aliphatic rings. The third-order valence-electron chi connectivity index (χ3n) is 4.00. The first-order chi connectivity index (χ1) is 13.5. The summed E-state index contributed by atoms with van der Waals surface area (Å²) in [6.07, 6.45) is 0.823. The summed E-state index contributed by atoms with van der Waals surface area (Å²) >= 11 is 7.36. The number of amides is 1. The van der Waals surface area contributed by atoms with Crippen LogP contribution in [0.4, 0.5) is 4.39 Å². The van der Waals surface area contributed by atoms with Gasteiger partial charge < -0.3 is 9.64 Å². The van der Waals surface area contributed by atoms with Crippen LogP contribution in [0.3, 0.4) is 0 Å². The van der Waals surface area contributed by atoms with Crippen molar-refractivity contribution in [1.82, 2.24) is 9.88 Å². The average Bonchev–Trinajstić information content (AvgIpc) is 3.15. The van der Waals surface area contributed by atoms with Crippen molar-refractivity contribution in [3.05, 3.63) is 81.0 Å². The molecule has 0 saturated carbocycles. The topological polar surface area (TPSA) is 42.4 Å². The predicted octanol–water partition coefficient (Wildman–Crippen LogP) is 5.57. The van der Waals surface area contributed by atoms with Gasteiger partial charge in [0.2, 0.25) is 0 Å². The van der Waals surface area contributed by atoms with Crippen molar-refractivity contribution in [2.24, 2.45) is 0 Å². The molecule has 28 heavy (non-hydrogen) atoms. The number of carbonyl (C=O) groups excluding carboxylic acids is 1. The van der Waals surface area contributed by atoms with E-state index < -0.39 is 0 Å². The van der Waals surface area contributed by atoms with E-state index in [2.05, 4.69) is 4.98 Å². The molecule has 3 aromatic rings. The van der Waals surface area contributed by atoms with E-state index in [0.29, 0.717) is 30.3 Å². The summed E-state index contributed by atoms with van der Waals surface area (Å²) in [6, 6.07) is 12.8. The number of ether oxygens (including phenoxy) is 1. The smallest absolute Gasteiger partial charge is 0.254 e. The number of benzene rings is 2. The quantitative estimate of drug-likeness (QED) is 0.480. The zero-order valence-corrected chi connectivity index (χ0v) is 17.0. The van der Waals surface area contributed by atoms with E-state index in [9.17, 15) is 9.18 Å². The van der Waals surface area contributed by atoms with Gasteiger partial charge >= 0.3 is 0 Å². The molecule has 4 nitrogen and oxygen atoms in total. The van der Waals surface area contributed by atoms with Crippen molar-refractivity contribution in [1.29, 1.82) is 0 Å².